The number of carboxylic acid groups (broad SMARTS) is 1. The molecular weight excluding hydrogens is 422 g/mol. The van der Waals surface area contributed by atoms with Crippen LogP contribution in [0.15, 0.2) is 23.2 Å². The minimum Gasteiger partial charge on any atom is -0.504 e. The smallest absolute Gasteiger partial charge is 0.328 e. The Labute approximate surface area is 178 Å². The highest BCUT2D eigenvalue weighted by atomic mass is 35.5. The molecular formula is C17H26ClN5O7. The van der Waals surface area contributed by atoms with Crippen LogP contribution in [0.5, 0.6) is 11.5 Å². The number of aliphatic hydroxyl groups is 1. The molecule has 13 heteroatoms. The van der Waals surface area contributed by atoms with Crippen molar-refractivity contribution in [2.75, 3.05) is 6.54 Å². The number of rotatable bonds is 10. The lowest BCUT2D eigenvalue weighted by molar-refractivity contribution is -0.145. The van der Waals surface area contributed by atoms with Crippen LogP contribution in [0.1, 0.15) is 30.1 Å². The van der Waals surface area contributed by atoms with Crippen LogP contribution in [0.25, 0.3) is 0 Å². The monoisotopic (exact) mass is 447 g/mol. The highest BCUT2D eigenvalue weighted by Crippen LogP contribution is 2.28. The van der Waals surface area contributed by atoms with Gasteiger partial charge in [-0.2, -0.15) is 0 Å². The van der Waals surface area contributed by atoms with E-state index in [1.807, 2.05) is 0 Å². The molecule has 1 aromatic rings. The molecule has 0 spiro atoms. The Morgan fingerprint density at radius 1 is 1.17 bits per heavy atom. The number of amides is 2. The highest BCUT2D eigenvalue weighted by molar-refractivity contribution is 6.00. The van der Waals surface area contributed by atoms with Gasteiger partial charge in [-0.3, -0.25) is 14.6 Å². The van der Waals surface area contributed by atoms with Gasteiger partial charge >= 0.3 is 5.97 Å². The number of para-hydroxylation sites is 1. The molecule has 0 radical (unpaired) electrons. The number of nitrogens with one attached hydrogen (secondary N) is 2. The van der Waals surface area contributed by atoms with Crippen molar-refractivity contribution in [2.45, 2.75) is 38.0 Å². The number of aliphatic hydroxyl groups excluding tert-OH is 1. The fraction of sp³-hybridized carbons (Fsp3) is 0.412. The van der Waals surface area contributed by atoms with E-state index in [9.17, 15) is 29.7 Å². The molecule has 3 atom stereocenters. The topological polar surface area (TPSA) is 221 Å². The van der Waals surface area contributed by atoms with Crippen molar-refractivity contribution < 1.29 is 34.8 Å². The van der Waals surface area contributed by atoms with Gasteiger partial charge in [-0.05, 0) is 31.9 Å². The minimum atomic E-state index is -1.59. The van der Waals surface area contributed by atoms with Gasteiger partial charge in [-0.25, -0.2) is 4.79 Å². The molecule has 1 rings (SSSR count). The third-order valence-electron chi connectivity index (χ3n) is 3.87. The summed E-state index contributed by atoms with van der Waals surface area (Å²) < 4.78 is 0. The number of aliphatic imine (C=N–C) groups is 1. The zero-order chi connectivity index (χ0) is 22.1. The second-order valence-electron chi connectivity index (χ2n) is 6.21. The largest absolute Gasteiger partial charge is 0.504 e. The van der Waals surface area contributed by atoms with Crippen LogP contribution in [0.4, 0.5) is 0 Å². The number of phenols is 2. The molecule has 2 amide bonds. The quantitative estimate of drug-likeness (QED) is 0.0914. The van der Waals surface area contributed by atoms with E-state index in [0.29, 0.717) is 0 Å². The van der Waals surface area contributed by atoms with Gasteiger partial charge in [0.2, 0.25) is 5.91 Å². The maximum absolute atomic E-state index is 12.5. The number of benzene rings is 1. The Morgan fingerprint density at radius 2 is 1.80 bits per heavy atom. The third kappa shape index (κ3) is 8.01. The average molecular weight is 448 g/mol. The molecule has 10 N–H and O–H groups in total. The Morgan fingerprint density at radius 3 is 2.33 bits per heavy atom. The van der Waals surface area contributed by atoms with Crippen molar-refractivity contribution in [3.63, 3.8) is 0 Å². The van der Waals surface area contributed by atoms with Crippen molar-refractivity contribution in [3.8, 4) is 11.5 Å². The van der Waals surface area contributed by atoms with Crippen LogP contribution in [-0.4, -0.2) is 68.9 Å². The van der Waals surface area contributed by atoms with Crippen LogP contribution >= 0.6 is 12.4 Å². The maximum Gasteiger partial charge on any atom is 0.328 e. The van der Waals surface area contributed by atoms with Gasteiger partial charge in [0.15, 0.2) is 23.5 Å². The minimum absolute atomic E-state index is 0. The van der Waals surface area contributed by atoms with E-state index in [1.165, 1.54) is 25.1 Å². The molecule has 0 unspecified atom stereocenters. The third-order valence-corrected chi connectivity index (χ3v) is 3.87. The summed E-state index contributed by atoms with van der Waals surface area (Å²) in [5.74, 6) is -4.53. The van der Waals surface area contributed by atoms with Gasteiger partial charge in [0.05, 0.1) is 11.7 Å². The van der Waals surface area contributed by atoms with E-state index >= 15 is 0 Å². The number of hydrogen-bond donors (Lipinski definition) is 8. The Kier molecular flexibility index (Phi) is 11.0. The summed E-state index contributed by atoms with van der Waals surface area (Å²) in [4.78, 5) is 39.9. The van der Waals surface area contributed by atoms with Crippen molar-refractivity contribution in [2.24, 2.45) is 16.5 Å². The van der Waals surface area contributed by atoms with Crippen molar-refractivity contribution in [3.05, 3.63) is 23.8 Å². The summed E-state index contributed by atoms with van der Waals surface area (Å²) >= 11 is 0. The van der Waals surface area contributed by atoms with Gasteiger partial charge < -0.3 is 42.5 Å². The molecule has 0 heterocycles. The first-order valence-corrected chi connectivity index (χ1v) is 8.63. The Hall–Kier alpha value is -3.25. The van der Waals surface area contributed by atoms with Gasteiger partial charge in [-0.1, -0.05) is 6.07 Å². The van der Waals surface area contributed by atoms with Crippen LogP contribution in [0.2, 0.25) is 0 Å². The van der Waals surface area contributed by atoms with E-state index in [2.05, 4.69) is 15.6 Å². The first-order chi connectivity index (χ1) is 13.5. The van der Waals surface area contributed by atoms with Crippen molar-refractivity contribution >= 4 is 36.2 Å². The van der Waals surface area contributed by atoms with Crippen molar-refractivity contribution in [1.82, 2.24) is 10.6 Å². The SMILES string of the molecule is C[C@@H](O)[C@H](NC(=O)[C@H](CCCN=C(N)N)NC(=O)c1cccc(O)c1O)C(=O)O.Cl. The maximum atomic E-state index is 12.5. The van der Waals surface area contributed by atoms with Crippen LogP contribution in [0, 0.1) is 0 Å². The summed E-state index contributed by atoms with van der Waals surface area (Å²) in [6, 6.07) is 0.916. The molecule has 0 bridgehead atoms. The predicted molar refractivity (Wildman–Crippen MR) is 109 cm³/mol. The average Bonchev–Trinajstić information content (AvgIpc) is 2.63. The lowest BCUT2D eigenvalue weighted by Gasteiger charge is -2.23. The molecule has 0 saturated carbocycles. The molecule has 1 aromatic carbocycles. The first kappa shape index (κ1) is 26.8. The summed E-state index contributed by atoms with van der Waals surface area (Å²) in [7, 11) is 0. The van der Waals surface area contributed by atoms with E-state index in [-0.39, 0.29) is 43.3 Å². The fourth-order valence-electron chi connectivity index (χ4n) is 2.37. The van der Waals surface area contributed by atoms with Crippen LogP contribution in [-0.2, 0) is 9.59 Å². The number of halogens is 1. The van der Waals surface area contributed by atoms with E-state index in [0.717, 1.165) is 0 Å². The van der Waals surface area contributed by atoms with Gasteiger partial charge in [0.1, 0.15) is 6.04 Å². The number of nitrogens with two attached hydrogens (primary N) is 2. The molecule has 0 fully saturated rings. The van der Waals surface area contributed by atoms with Gasteiger partial charge in [-0.15, -0.1) is 12.4 Å². The van der Waals surface area contributed by atoms with Crippen LogP contribution in [0.3, 0.4) is 0 Å². The lowest BCUT2D eigenvalue weighted by Crippen LogP contribution is -2.54. The first-order valence-electron chi connectivity index (χ1n) is 8.63. The molecule has 30 heavy (non-hydrogen) atoms. The number of aromatic hydroxyl groups is 2. The van der Waals surface area contributed by atoms with Crippen LogP contribution < -0.4 is 22.1 Å². The summed E-state index contributed by atoms with van der Waals surface area (Å²) in [5, 5.41) is 42.5. The summed E-state index contributed by atoms with van der Waals surface area (Å²) in [6.07, 6.45) is -1.10. The number of carbonyl (C=O) groups excluding carboxylic acids is 2. The zero-order valence-electron chi connectivity index (χ0n) is 16.1. The molecule has 0 aliphatic rings. The van der Waals surface area contributed by atoms with Gasteiger partial charge in [0, 0.05) is 6.54 Å². The molecule has 12 nitrogen and oxygen atoms in total. The predicted octanol–water partition coefficient (Wildman–Crippen LogP) is -1.38. The number of aliphatic carboxylic acids is 1. The number of nitrogens with zero attached hydrogens (tertiary/aromatic N) is 1. The molecule has 168 valence electrons. The Bertz CT molecular complexity index is 784. The number of hydrogen-bond acceptors (Lipinski definition) is 7. The molecule has 0 aromatic heterocycles. The van der Waals surface area contributed by atoms with E-state index < -0.39 is 47.5 Å². The van der Waals surface area contributed by atoms with E-state index in [1.54, 1.807) is 0 Å². The lowest BCUT2D eigenvalue weighted by atomic mass is 10.1. The zero-order valence-corrected chi connectivity index (χ0v) is 16.9. The van der Waals surface area contributed by atoms with E-state index in [4.69, 9.17) is 16.6 Å². The normalized spacial score (nSPS) is 13.1. The summed E-state index contributed by atoms with van der Waals surface area (Å²) in [5.41, 5.74) is 10.2. The second-order valence-corrected chi connectivity index (χ2v) is 6.21. The molecule has 0 aliphatic carbocycles. The number of phenolic OH excluding ortho intramolecular Hbond substituents is 2. The van der Waals surface area contributed by atoms with Crippen molar-refractivity contribution in [1.29, 1.82) is 0 Å². The Balaban J connectivity index is 0.00000841. The van der Waals surface area contributed by atoms with Gasteiger partial charge in [0.25, 0.3) is 5.91 Å². The number of carbonyl (C=O) groups is 3. The molecule has 0 aliphatic heterocycles. The standard InChI is InChI=1S/C17H25N5O7.ClH/c1-8(23)12(16(28)29)22-15(27)10(5-3-7-20-17(18)19)21-14(26)9-4-2-6-11(24)13(9)25;/h2,4,6,8,10,12,23-25H,3,5,7H2,1H3,(H,21,26)(H,22,27)(H,28,29)(H4,18,19,20);1H/t8-,10+,12+;/m1./s1. The second kappa shape index (κ2) is 12.3. The molecule has 0 saturated heterocycles. The highest BCUT2D eigenvalue weighted by Gasteiger charge is 2.30. The number of carboxylic acids is 1. The number of guanidine groups is 1. The fourth-order valence-corrected chi connectivity index (χ4v) is 2.37. The summed E-state index contributed by atoms with van der Waals surface area (Å²) in [6.45, 7) is 1.34.